The summed E-state index contributed by atoms with van der Waals surface area (Å²) in [6.07, 6.45) is 2.32. The van der Waals surface area contributed by atoms with Gasteiger partial charge in [0, 0.05) is 42.7 Å². The summed E-state index contributed by atoms with van der Waals surface area (Å²) >= 11 is 0. The third kappa shape index (κ3) is 5.32. The summed E-state index contributed by atoms with van der Waals surface area (Å²) in [6.45, 7) is 4.59. The number of para-hydroxylation sites is 1. The molecule has 0 fully saturated rings. The van der Waals surface area contributed by atoms with E-state index in [0.717, 1.165) is 22.0 Å². The Bertz CT molecular complexity index is 1260. The van der Waals surface area contributed by atoms with Gasteiger partial charge in [-0.1, -0.05) is 65.7 Å². The first-order chi connectivity index (χ1) is 15.9. The van der Waals surface area contributed by atoms with Crippen LogP contribution in [0.25, 0.3) is 10.9 Å². The molecule has 0 aliphatic rings. The lowest BCUT2D eigenvalue weighted by Crippen LogP contribution is -2.48. The van der Waals surface area contributed by atoms with Crippen molar-refractivity contribution < 1.29 is 9.59 Å². The molecular formula is C28H29N3O2. The summed E-state index contributed by atoms with van der Waals surface area (Å²) in [7, 11) is 1.79. The normalized spacial score (nSPS) is 11.8. The predicted molar refractivity (Wildman–Crippen MR) is 132 cm³/mol. The summed E-state index contributed by atoms with van der Waals surface area (Å²) in [4.78, 5) is 31.4. The number of aromatic amines is 1. The van der Waals surface area contributed by atoms with Crippen LogP contribution in [0.5, 0.6) is 0 Å². The highest BCUT2D eigenvalue weighted by atomic mass is 16.2. The number of rotatable bonds is 7. The molecule has 5 nitrogen and oxygen atoms in total. The minimum atomic E-state index is -0.687. The van der Waals surface area contributed by atoms with Crippen LogP contribution in [0, 0.1) is 13.8 Å². The first kappa shape index (κ1) is 22.3. The van der Waals surface area contributed by atoms with Gasteiger partial charge in [0.2, 0.25) is 5.91 Å². The fraction of sp³-hybridized carbons (Fsp3) is 0.214. The maximum absolute atomic E-state index is 13.5. The Morgan fingerprint density at radius 2 is 1.61 bits per heavy atom. The van der Waals surface area contributed by atoms with Crippen LogP contribution in [-0.4, -0.2) is 34.8 Å². The number of carbonyl (C=O) groups excluding carboxylic acids is 2. The van der Waals surface area contributed by atoms with Crippen molar-refractivity contribution >= 4 is 22.7 Å². The number of amides is 2. The maximum Gasteiger partial charge on any atom is 0.251 e. The summed E-state index contributed by atoms with van der Waals surface area (Å²) in [6, 6.07) is 22.6. The number of aryl methyl sites for hydroxylation is 2. The first-order valence-corrected chi connectivity index (χ1v) is 11.1. The number of fused-ring (bicyclic) bond motifs is 1. The molecule has 168 valence electrons. The van der Waals surface area contributed by atoms with E-state index in [9.17, 15) is 9.59 Å². The second-order valence-corrected chi connectivity index (χ2v) is 8.65. The average molecular weight is 440 g/mol. The number of likely N-dealkylation sites (N-methyl/N-ethyl adjacent to an activating group) is 1. The van der Waals surface area contributed by atoms with E-state index in [-0.39, 0.29) is 11.8 Å². The molecule has 5 heteroatoms. The van der Waals surface area contributed by atoms with Crippen molar-refractivity contribution in [1.82, 2.24) is 15.2 Å². The third-order valence-corrected chi connectivity index (χ3v) is 5.82. The molecule has 33 heavy (non-hydrogen) atoms. The molecule has 4 aromatic rings. The molecule has 3 aromatic carbocycles. The predicted octanol–water partition coefficient (Wildman–Crippen LogP) is 4.78. The smallest absolute Gasteiger partial charge is 0.251 e. The van der Waals surface area contributed by atoms with E-state index in [1.54, 1.807) is 24.1 Å². The van der Waals surface area contributed by atoms with Crippen molar-refractivity contribution in [3.63, 3.8) is 0 Å². The summed E-state index contributed by atoms with van der Waals surface area (Å²) < 4.78 is 0. The minimum Gasteiger partial charge on any atom is -0.361 e. The monoisotopic (exact) mass is 439 g/mol. The lowest BCUT2D eigenvalue weighted by molar-refractivity contribution is -0.132. The number of hydrogen-bond donors (Lipinski definition) is 2. The molecule has 0 spiro atoms. The highest BCUT2D eigenvalue weighted by Crippen LogP contribution is 2.20. The lowest BCUT2D eigenvalue weighted by Gasteiger charge is -2.25. The van der Waals surface area contributed by atoms with Crippen LogP contribution in [0.1, 0.15) is 32.6 Å². The molecule has 1 atom stereocenters. The second-order valence-electron chi connectivity index (χ2n) is 8.65. The molecule has 1 aromatic heterocycles. The molecule has 0 aliphatic heterocycles. The molecule has 0 aliphatic carbocycles. The molecule has 0 radical (unpaired) electrons. The molecule has 0 saturated carbocycles. The van der Waals surface area contributed by atoms with E-state index < -0.39 is 6.04 Å². The van der Waals surface area contributed by atoms with Gasteiger partial charge in [-0.05, 0) is 43.2 Å². The topological polar surface area (TPSA) is 65.2 Å². The molecule has 1 unspecified atom stereocenters. The van der Waals surface area contributed by atoms with Crippen LogP contribution in [0.15, 0.2) is 79.0 Å². The highest BCUT2D eigenvalue weighted by Gasteiger charge is 2.26. The molecular weight excluding hydrogens is 410 g/mol. The van der Waals surface area contributed by atoms with Gasteiger partial charge in [0.25, 0.3) is 5.91 Å². The first-order valence-electron chi connectivity index (χ1n) is 11.1. The number of nitrogens with one attached hydrogen (secondary N) is 2. The van der Waals surface area contributed by atoms with Gasteiger partial charge in [-0.2, -0.15) is 0 Å². The molecule has 1 heterocycles. The zero-order valence-electron chi connectivity index (χ0n) is 19.3. The number of hydrogen-bond acceptors (Lipinski definition) is 2. The third-order valence-electron chi connectivity index (χ3n) is 5.82. The average Bonchev–Trinajstić information content (AvgIpc) is 3.21. The Morgan fingerprint density at radius 1 is 0.939 bits per heavy atom. The van der Waals surface area contributed by atoms with E-state index in [1.807, 2.05) is 48.7 Å². The van der Waals surface area contributed by atoms with Gasteiger partial charge in [0.05, 0.1) is 0 Å². The van der Waals surface area contributed by atoms with Crippen molar-refractivity contribution in [2.75, 3.05) is 7.05 Å². The van der Waals surface area contributed by atoms with Gasteiger partial charge in [-0.3, -0.25) is 9.59 Å². The van der Waals surface area contributed by atoms with Crippen molar-refractivity contribution in [1.29, 1.82) is 0 Å². The minimum absolute atomic E-state index is 0.122. The van der Waals surface area contributed by atoms with Crippen molar-refractivity contribution in [2.45, 2.75) is 32.9 Å². The van der Waals surface area contributed by atoms with Crippen LogP contribution in [0.2, 0.25) is 0 Å². The van der Waals surface area contributed by atoms with Crippen LogP contribution in [0.3, 0.4) is 0 Å². The van der Waals surface area contributed by atoms with Gasteiger partial charge in [0.1, 0.15) is 6.04 Å². The number of H-pyrrole nitrogens is 1. The van der Waals surface area contributed by atoms with Gasteiger partial charge in [-0.25, -0.2) is 0 Å². The van der Waals surface area contributed by atoms with Crippen LogP contribution >= 0.6 is 0 Å². The Kier molecular flexibility index (Phi) is 6.59. The van der Waals surface area contributed by atoms with Gasteiger partial charge < -0.3 is 15.2 Å². The van der Waals surface area contributed by atoms with E-state index in [1.165, 1.54) is 11.1 Å². The SMILES string of the molecule is Cc1cc(C)cc(CN(C)C(=O)C(Cc2c[nH]c3ccccc23)NC(=O)c2ccccc2)c1. The Balaban J connectivity index is 1.59. The van der Waals surface area contributed by atoms with Gasteiger partial charge in [0.15, 0.2) is 0 Å². The second kappa shape index (κ2) is 9.74. The van der Waals surface area contributed by atoms with Crippen LogP contribution in [0.4, 0.5) is 0 Å². The Morgan fingerprint density at radius 3 is 2.33 bits per heavy atom. The zero-order chi connectivity index (χ0) is 23.4. The van der Waals surface area contributed by atoms with Crippen molar-refractivity contribution in [3.8, 4) is 0 Å². The molecule has 0 saturated heterocycles. The quantitative estimate of drug-likeness (QED) is 0.435. The largest absolute Gasteiger partial charge is 0.361 e. The summed E-state index contributed by atoms with van der Waals surface area (Å²) in [5.74, 6) is -0.377. The fourth-order valence-electron chi connectivity index (χ4n) is 4.33. The highest BCUT2D eigenvalue weighted by molar-refractivity contribution is 5.97. The summed E-state index contributed by atoms with van der Waals surface area (Å²) in [5.41, 5.74) is 5.95. The fourth-order valence-corrected chi connectivity index (χ4v) is 4.33. The molecule has 2 amide bonds. The number of benzene rings is 3. The van der Waals surface area contributed by atoms with E-state index in [4.69, 9.17) is 0 Å². The van der Waals surface area contributed by atoms with Crippen LogP contribution in [-0.2, 0) is 17.8 Å². The molecule has 4 rings (SSSR count). The van der Waals surface area contributed by atoms with Crippen molar-refractivity contribution in [2.24, 2.45) is 0 Å². The van der Waals surface area contributed by atoms with E-state index in [2.05, 4.69) is 42.3 Å². The summed E-state index contributed by atoms with van der Waals surface area (Å²) in [5, 5.41) is 4.04. The standard InChI is InChI=1S/C28H29N3O2/c1-19-13-20(2)15-21(14-19)18-31(3)28(33)26(30-27(32)22-9-5-4-6-10-22)16-23-17-29-25-12-8-7-11-24(23)25/h4-15,17,26,29H,16,18H2,1-3H3,(H,30,32). The number of carbonyl (C=O) groups is 2. The lowest BCUT2D eigenvalue weighted by atomic mass is 10.0. The Labute approximate surface area is 194 Å². The van der Waals surface area contributed by atoms with E-state index in [0.29, 0.717) is 18.5 Å². The van der Waals surface area contributed by atoms with Crippen molar-refractivity contribution in [3.05, 3.63) is 107 Å². The number of nitrogens with zero attached hydrogens (tertiary/aromatic N) is 1. The number of aromatic nitrogens is 1. The van der Waals surface area contributed by atoms with Crippen LogP contribution < -0.4 is 5.32 Å². The van der Waals surface area contributed by atoms with Gasteiger partial charge >= 0.3 is 0 Å². The van der Waals surface area contributed by atoms with Gasteiger partial charge in [-0.15, -0.1) is 0 Å². The molecule has 0 bridgehead atoms. The van der Waals surface area contributed by atoms with E-state index >= 15 is 0 Å². The molecule has 2 N–H and O–H groups in total. The Hall–Kier alpha value is -3.86. The zero-order valence-corrected chi connectivity index (χ0v) is 19.3. The maximum atomic E-state index is 13.5.